The van der Waals surface area contributed by atoms with E-state index < -0.39 is 10.8 Å². The lowest BCUT2D eigenvalue weighted by Crippen LogP contribution is -2.11. The molecule has 0 radical (unpaired) electrons. The highest BCUT2D eigenvalue weighted by atomic mass is 32.2. The molecule has 2 rings (SSSR count). The zero-order valence-corrected chi connectivity index (χ0v) is 11.0. The minimum absolute atomic E-state index is 0.297. The SMILES string of the molecule is Cc1ccc(S(=O)CCC2CCCO2)c(N)c1. The summed E-state index contributed by atoms with van der Waals surface area (Å²) >= 11 is 0. The fourth-order valence-electron chi connectivity index (χ4n) is 2.10. The average Bonchev–Trinajstić information content (AvgIpc) is 2.78. The summed E-state index contributed by atoms with van der Waals surface area (Å²) in [5, 5.41) is 0. The van der Waals surface area contributed by atoms with Crippen molar-refractivity contribution in [3.63, 3.8) is 0 Å². The third-order valence-corrected chi connectivity index (χ3v) is 4.53. The summed E-state index contributed by atoms with van der Waals surface area (Å²) in [5.74, 6) is 0.637. The van der Waals surface area contributed by atoms with Crippen LogP contribution < -0.4 is 5.73 Å². The van der Waals surface area contributed by atoms with Gasteiger partial charge in [0.2, 0.25) is 0 Å². The van der Waals surface area contributed by atoms with Crippen molar-refractivity contribution in [2.24, 2.45) is 0 Å². The van der Waals surface area contributed by atoms with Crippen LogP contribution >= 0.6 is 0 Å². The molecular formula is C13H19NO2S. The summed E-state index contributed by atoms with van der Waals surface area (Å²) in [4.78, 5) is 0.758. The highest BCUT2D eigenvalue weighted by molar-refractivity contribution is 7.85. The van der Waals surface area contributed by atoms with Gasteiger partial charge in [0.05, 0.1) is 21.8 Å². The zero-order valence-electron chi connectivity index (χ0n) is 10.1. The molecule has 1 aliphatic heterocycles. The van der Waals surface area contributed by atoms with E-state index in [4.69, 9.17) is 10.5 Å². The molecule has 2 atom stereocenters. The van der Waals surface area contributed by atoms with Gasteiger partial charge in [-0.15, -0.1) is 0 Å². The van der Waals surface area contributed by atoms with E-state index in [0.29, 0.717) is 17.5 Å². The van der Waals surface area contributed by atoms with Crippen molar-refractivity contribution >= 4 is 16.5 Å². The number of aryl methyl sites for hydroxylation is 1. The Bertz CT molecular complexity index is 414. The maximum atomic E-state index is 12.1. The molecule has 1 aliphatic rings. The second-order valence-corrected chi connectivity index (χ2v) is 6.05. The molecule has 0 saturated carbocycles. The monoisotopic (exact) mass is 253 g/mol. The summed E-state index contributed by atoms with van der Waals surface area (Å²) in [5.41, 5.74) is 7.62. The van der Waals surface area contributed by atoms with Crippen LogP contribution in [0, 0.1) is 6.92 Å². The van der Waals surface area contributed by atoms with Gasteiger partial charge < -0.3 is 10.5 Å². The number of ether oxygens (including phenoxy) is 1. The number of anilines is 1. The van der Waals surface area contributed by atoms with Crippen LogP contribution in [0.4, 0.5) is 5.69 Å². The first-order chi connectivity index (χ1) is 8.16. The molecule has 94 valence electrons. The van der Waals surface area contributed by atoms with Gasteiger partial charge in [0.1, 0.15) is 0 Å². The third-order valence-electron chi connectivity index (χ3n) is 3.06. The van der Waals surface area contributed by atoms with Crippen LogP contribution in [0.3, 0.4) is 0 Å². The molecule has 4 heteroatoms. The molecule has 0 aromatic heterocycles. The topological polar surface area (TPSA) is 52.3 Å². The lowest BCUT2D eigenvalue weighted by atomic mass is 10.2. The van der Waals surface area contributed by atoms with Gasteiger partial charge in [0.25, 0.3) is 0 Å². The van der Waals surface area contributed by atoms with E-state index in [1.165, 1.54) is 0 Å². The molecular weight excluding hydrogens is 234 g/mol. The van der Waals surface area contributed by atoms with Gasteiger partial charge in [-0.2, -0.15) is 0 Å². The number of benzene rings is 1. The first-order valence-electron chi connectivity index (χ1n) is 6.03. The summed E-state index contributed by atoms with van der Waals surface area (Å²) < 4.78 is 17.6. The van der Waals surface area contributed by atoms with Gasteiger partial charge in [-0.25, -0.2) is 0 Å². The Kier molecular flexibility index (Phi) is 4.18. The average molecular weight is 253 g/mol. The minimum atomic E-state index is -1.00. The predicted molar refractivity (Wildman–Crippen MR) is 70.5 cm³/mol. The van der Waals surface area contributed by atoms with Crippen molar-refractivity contribution in [3.8, 4) is 0 Å². The molecule has 1 heterocycles. The molecule has 17 heavy (non-hydrogen) atoms. The van der Waals surface area contributed by atoms with E-state index in [1.54, 1.807) is 0 Å². The fraction of sp³-hybridized carbons (Fsp3) is 0.538. The standard InChI is InChI=1S/C13H19NO2S/c1-10-4-5-13(12(14)9-10)17(15)8-6-11-3-2-7-16-11/h4-5,9,11H,2-3,6-8,14H2,1H3. The summed E-state index contributed by atoms with van der Waals surface area (Å²) in [6, 6.07) is 5.70. The summed E-state index contributed by atoms with van der Waals surface area (Å²) in [7, 11) is -1.00. The first kappa shape index (κ1) is 12.6. The number of hydrogen-bond donors (Lipinski definition) is 1. The number of nitrogen functional groups attached to an aromatic ring is 1. The smallest absolute Gasteiger partial charge is 0.0617 e. The van der Waals surface area contributed by atoms with Crippen LogP contribution in [-0.2, 0) is 15.5 Å². The Morgan fingerprint density at radius 2 is 2.35 bits per heavy atom. The van der Waals surface area contributed by atoms with Crippen molar-refractivity contribution < 1.29 is 8.95 Å². The lowest BCUT2D eigenvalue weighted by Gasteiger charge is -2.10. The largest absolute Gasteiger partial charge is 0.398 e. The van der Waals surface area contributed by atoms with Crippen molar-refractivity contribution in [2.45, 2.75) is 37.2 Å². The predicted octanol–water partition coefficient (Wildman–Crippen LogP) is 2.25. The fourth-order valence-corrected chi connectivity index (χ4v) is 3.33. The van der Waals surface area contributed by atoms with E-state index in [0.717, 1.165) is 36.3 Å². The highest BCUT2D eigenvalue weighted by Crippen LogP contribution is 2.21. The maximum Gasteiger partial charge on any atom is 0.0617 e. The van der Waals surface area contributed by atoms with Crippen LogP contribution in [0.2, 0.25) is 0 Å². The van der Waals surface area contributed by atoms with Gasteiger partial charge >= 0.3 is 0 Å². The second-order valence-electron chi connectivity index (χ2n) is 4.51. The van der Waals surface area contributed by atoms with E-state index in [9.17, 15) is 4.21 Å². The molecule has 0 aliphatic carbocycles. The van der Waals surface area contributed by atoms with Gasteiger partial charge in [0.15, 0.2) is 0 Å². The summed E-state index contributed by atoms with van der Waals surface area (Å²) in [6.45, 7) is 2.83. The van der Waals surface area contributed by atoms with Crippen molar-refractivity contribution in [1.29, 1.82) is 0 Å². The molecule has 3 nitrogen and oxygen atoms in total. The molecule has 0 amide bonds. The van der Waals surface area contributed by atoms with Crippen LogP contribution in [0.25, 0.3) is 0 Å². The van der Waals surface area contributed by atoms with Gasteiger partial charge in [-0.3, -0.25) is 4.21 Å². The third kappa shape index (κ3) is 3.30. The molecule has 2 N–H and O–H groups in total. The van der Waals surface area contributed by atoms with Crippen LogP contribution in [0.5, 0.6) is 0 Å². The molecule has 0 spiro atoms. The lowest BCUT2D eigenvalue weighted by molar-refractivity contribution is 0.109. The Balaban J connectivity index is 1.94. The molecule has 0 bridgehead atoms. The second kappa shape index (κ2) is 5.65. The Labute approximate surface area is 105 Å². The minimum Gasteiger partial charge on any atom is -0.398 e. The van der Waals surface area contributed by atoms with Gasteiger partial charge in [-0.05, 0) is 43.9 Å². The number of rotatable bonds is 4. The quantitative estimate of drug-likeness (QED) is 0.837. The van der Waals surface area contributed by atoms with E-state index in [-0.39, 0.29) is 0 Å². The zero-order chi connectivity index (χ0) is 12.3. The van der Waals surface area contributed by atoms with Crippen molar-refractivity contribution in [2.75, 3.05) is 18.1 Å². The van der Waals surface area contributed by atoms with E-state index in [1.807, 2.05) is 25.1 Å². The number of hydrogen-bond acceptors (Lipinski definition) is 3. The Morgan fingerprint density at radius 1 is 1.53 bits per heavy atom. The van der Waals surface area contributed by atoms with Crippen LogP contribution in [0.15, 0.2) is 23.1 Å². The molecule has 1 aromatic carbocycles. The Morgan fingerprint density at radius 3 is 3.00 bits per heavy atom. The highest BCUT2D eigenvalue weighted by Gasteiger charge is 2.17. The molecule has 1 saturated heterocycles. The molecule has 1 fully saturated rings. The van der Waals surface area contributed by atoms with Crippen molar-refractivity contribution in [1.82, 2.24) is 0 Å². The summed E-state index contributed by atoms with van der Waals surface area (Å²) in [6.07, 6.45) is 3.38. The molecule has 1 aromatic rings. The van der Waals surface area contributed by atoms with Crippen LogP contribution in [0.1, 0.15) is 24.8 Å². The number of nitrogens with two attached hydrogens (primary N) is 1. The van der Waals surface area contributed by atoms with Gasteiger partial charge in [-0.1, -0.05) is 6.07 Å². The molecule has 2 unspecified atom stereocenters. The van der Waals surface area contributed by atoms with Crippen molar-refractivity contribution in [3.05, 3.63) is 23.8 Å². The van der Waals surface area contributed by atoms with E-state index >= 15 is 0 Å². The van der Waals surface area contributed by atoms with Crippen LogP contribution in [-0.4, -0.2) is 22.7 Å². The van der Waals surface area contributed by atoms with E-state index in [2.05, 4.69) is 0 Å². The Hall–Kier alpha value is -0.870. The maximum absolute atomic E-state index is 12.1. The first-order valence-corrected chi connectivity index (χ1v) is 7.35. The van der Waals surface area contributed by atoms with Gasteiger partial charge in [0, 0.05) is 18.0 Å². The normalized spacial score (nSPS) is 21.6.